The van der Waals surface area contributed by atoms with Gasteiger partial charge in [0.2, 0.25) is 0 Å². The van der Waals surface area contributed by atoms with Crippen molar-refractivity contribution in [3.8, 4) is 5.75 Å². The number of rotatable bonds is 4. The minimum absolute atomic E-state index is 0.267. The molecule has 1 heterocycles. The van der Waals surface area contributed by atoms with Crippen molar-refractivity contribution in [1.82, 2.24) is 4.98 Å². The summed E-state index contributed by atoms with van der Waals surface area (Å²) in [5.41, 5.74) is 1.18. The summed E-state index contributed by atoms with van der Waals surface area (Å²) in [4.78, 5) is 3.96. The van der Waals surface area contributed by atoms with Crippen LogP contribution in [0.1, 0.15) is 24.2 Å². The minimum Gasteiger partial charge on any atom is -0.489 e. The average Bonchev–Trinajstić information content (AvgIpc) is 2.37. The molecule has 2 rings (SSSR count). The Balaban J connectivity index is 2.05. The van der Waals surface area contributed by atoms with E-state index in [4.69, 9.17) is 4.74 Å². The first-order valence-corrected chi connectivity index (χ1v) is 5.66. The Morgan fingerprint density at radius 3 is 2.83 bits per heavy atom. The zero-order valence-electron chi connectivity index (χ0n) is 10.0. The molecule has 2 aromatic rings. The number of aliphatic hydroxyl groups is 1. The van der Waals surface area contributed by atoms with E-state index in [1.165, 1.54) is 19.1 Å². The van der Waals surface area contributed by atoms with Gasteiger partial charge in [-0.05, 0) is 25.1 Å². The maximum absolute atomic E-state index is 13.6. The summed E-state index contributed by atoms with van der Waals surface area (Å²) in [5, 5.41) is 9.31. The molecule has 0 bridgehead atoms. The summed E-state index contributed by atoms with van der Waals surface area (Å²) in [7, 11) is 0. The summed E-state index contributed by atoms with van der Waals surface area (Å²) in [5.74, 6) is -0.0329. The van der Waals surface area contributed by atoms with Gasteiger partial charge in [0.25, 0.3) is 0 Å². The van der Waals surface area contributed by atoms with Crippen molar-refractivity contribution in [3.05, 3.63) is 59.7 Å². The summed E-state index contributed by atoms with van der Waals surface area (Å²) in [6.07, 6.45) is 2.55. The second-order valence-electron chi connectivity index (χ2n) is 4.01. The van der Waals surface area contributed by atoms with E-state index < -0.39 is 11.9 Å². The van der Waals surface area contributed by atoms with Crippen LogP contribution in [0.4, 0.5) is 4.39 Å². The number of halogens is 1. The van der Waals surface area contributed by atoms with Crippen LogP contribution in [-0.2, 0) is 6.61 Å². The molecule has 0 fully saturated rings. The maximum atomic E-state index is 13.6. The first-order valence-electron chi connectivity index (χ1n) is 5.66. The lowest BCUT2D eigenvalue weighted by atomic mass is 10.1. The van der Waals surface area contributed by atoms with Crippen LogP contribution in [0.25, 0.3) is 0 Å². The Hall–Kier alpha value is -1.94. The lowest BCUT2D eigenvalue weighted by Gasteiger charge is -2.09. The molecule has 0 radical (unpaired) electrons. The standard InChI is InChI=1S/C14H14FNO2/c1-10(17)13-5-4-12(7-14(13)15)18-9-11-3-2-6-16-8-11/h2-8,10,17H,9H2,1H3/t10-/m0/s1. The third-order valence-corrected chi connectivity index (χ3v) is 2.55. The number of nitrogens with zero attached hydrogens (tertiary/aromatic N) is 1. The molecule has 94 valence electrons. The van der Waals surface area contributed by atoms with Crippen LogP contribution in [0.3, 0.4) is 0 Å². The van der Waals surface area contributed by atoms with Crippen LogP contribution < -0.4 is 4.74 Å². The van der Waals surface area contributed by atoms with Gasteiger partial charge in [-0.1, -0.05) is 6.07 Å². The van der Waals surface area contributed by atoms with E-state index in [9.17, 15) is 9.50 Å². The summed E-state index contributed by atoms with van der Waals surface area (Å²) in [6.45, 7) is 1.86. The number of hydrogen-bond acceptors (Lipinski definition) is 3. The van der Waals surface area contributed by atoms with E-state index in [-0.39, 0.29) is 5.56 Å². The zero-order chi connectivity index (χ0) is 13.0. The molecular weight excluding hydrogens is 233 g/mol. The summed E-state index contributed by atoms with van der Waals surface area (Å²) < 4.78 is 19.0. The Kier molecular flexibility index (Phi) is 3.89. The van der Waals surface area contributed by atoms with E-state index in [0.717, 1.165) is 5.56 Å². The highest BCUT2D eigenvalue weighted by Crippen LogP contribution is 2.22. The lowest BCUT2D eigenvalue weighted by molar-refractivity contribution is 0.194. The molecule has 0 amide bonds. The Morgan fingerprint density at radius 1 is 1.39 bits per heavy atom. The zero-order valence-corrected chi connectivity index (χ0v) is 10.0. The van der Waals surface area contributed by atoms with Crippen molar-refractivity contribution in [1.29, 1.82) is 0 Å². The van der Waals surface area contributed by atoms with E-state index in [1.807, 2.05) is 12.1 Å². The third kappa shape index (κ3) is 3.05. The highest BCUT2D eigenvalue weighted by atomic mass is 19.1. The maximum Gasteiger partial charge on any atom is 0.132 e. The van der Waals surface area contributed by atoms with E-state index >= 15 is 0 Å². The van der Waals surface area contributed by atoms with Crippen molar-refractivity contribution < 1.29 is 14.2 Å². The molecule has 0 saturated heterocycles. The summed E-state index contributed by atoms with van der Waals surface area (Å²) >= 11 is 0. The van der Waals surface area contributed by atoms with Gasteiger partial charge in [-0.2, -0.15) is 0 Å². The Bertz CT molecular complexity index is 514. The van der Waals surface area contributed by atoms with E-state index in [0.29, 0.717) is 12.4 Å². The topological polar surface area (TPSA) is 42.4 Å². The van der Waals surface area contributed by atoms with Gasteiger partial charge < -0.3 is 9.84 Å². The van der Waals surface area contributed by atoms with Crippen LogP contribution in [0.15, 0.2) is 42.7 Å². The molecule has 0 unspecified atom stereocenters. The van der Waals surface area contributed by atoms with Gasteiger partial charge in [0.15, 0.2) is 0 Å². The fraction of sp³-hybridized carbons (Fsp3) is 0.214. The summed E-state index contributed by atoms with van der Waals surface area (Å²) in [6, 6.07) is 8.14. The Labute approximate surface area is 105 Å². The fourth-order valence-electron chi connectivity index (χ4n) is 1.59. The van der Waals surface area contributed by atoms with Gasteiger partial charge in [-0.25, -0.2) is 4.39 Å². The highest BCUT2D eigenvalue weighted by molar-refractivity contribution is 5.30. The molecule has 0 aliphatic heterocycles. The number of aromatic nitrogens is 1. The van der Waals surface area contributed by atoms with E-state index in [1.54, 1.807) is 18.5 Å². The largest absolute Gasteiger partial charge is 0.489 e. The van der Waals surface area contributed by atoms with Gasteiger partial charge >= 0.3 is 0 Å². The molecule has 1 N–H and O–H groups in total. The van der Waals surface area contributed by atoms with Crippen LogP contribution in [0, 0.1) is 5.82 Å². The molecule has 0 aliphatic rings. The quantitative estimate of drug-likeness (QED) is 0.903. The molecule has 0 saturated carbocycles. The Morgan fingerprint density at radius 2 is 2.22 bits per heavy atom. The van der Waals surface area contributed by atoms with Gasteiger partial charge in [0, 0.05) is 29.6 Å². The van der Waals surface area contributed by atoms with Crippen LogP contribution in [0.5, 0.6) is 5.75 Å². The monoisotopic (exact) mass is 247 g/mol. The van der Waals surface area contributed by atoms with Gasteiger partial charge in [-0.15, -0.1) is 0 Å². The van der Waals surface area contributed by atoms with Gasteiger partial charge in [0.05, 0.1) is 6.10 Å². The number of aliphatic hydroxyl groups excluding tert-OH is 1. The number of ether oxygens (including phenoxy) is 1. The SMILES string of the molecule is C[C@H](O)c1ccc(OCc2cccnc2)cc1F. The average molecular weight is 247 g/mol. The second-order valence-corrected chi connectivity index (χ2v) is 4.01. The number of pyridine rings is 1. The fourth-order valence-corrected chi connectivity index (χ4v) is 1.59. The van der Waals surface area contributed by atoms with Crippen LogP contribution in [-0.4, -0.2) is 10.1 Å². The first-order chi connectivity index (χ1) is 8.66. The van der Waals surface area contributed by atoms with E-state index in [2.05, 4.69) is 4.98 Å². The van der Waals surface area contributed by atoms with Gasteiger partial charge in [0.1, 0.15) is 18.2 Å². The molecule has 3 nitrogen and oxygen atoms in total. The molecule has 18 heavy (non-hydrogen) atoms. The molecule has 1 aromatic carbocycles. The van der Waals surface area contributed by atoms with Crippen LogP contribution in [0.2, 0.25) is 0 Å². The predicted molar refractivity (Wildman–Crippen MR) is 65.6 cm³/mol. The molecule has 0 aliphatic carbocycles. The van der Waals surface area contributed by atoms with Gasteiger partial charge in [-0.3, -0.25) is 4.98 Å². The smallest absolute Gasteiger partial charge is 0.132 e. The molecule has 1 atom stereocenters. The number of benzene rings is 1. The minimum atomic E-state index is -0.822. The van der Waals surface area contributed by atoms with Crippen molar-refractivity contribution in [2.45, 2.75) is 19.6 Å². The second kappa shape index (κ2) is 5.60. The van der Waals surface area contributed by atoms with Crippen molar-refractivity contribution in [3.63, 3.8) is 0 Å². The molecule has 0 spiro atoms. The third-order valence-electron chi connectivity index (χ3n) is 2.55. The lowest BCUT2D eigenvalue weighted by Crippen LogP contribution is -1.99. The molecular formula is C14H14FNO2. The van der Waals surface area contributed by atoms with Crippen LogP contribution >= 0.6 is 0 Å². The highest BCUT2D eigenvalue weighted by Gasteiger charge is 2.09. The molecule has 1 aromatic heterocycles. The van der Waals surface area contributed by atoms with Crippen molar-refractivity contribution >= 4 is 0 Å². The first kappa shape index (κ1) is 12.5. The van der Waals surface area contributed by atoms with Crippen molar-refractivity contribution in [2.75, 3.05) is 0 Å². The predicted octanol–water partition coefficient (Wildman–Crippen LogP) is 2.85. The molecule has 4 heteroatoms. The number of hydrogen-bond donors (Lipinski definition) is 1. The normalized spacial score (nSPS) is 12.2. The van der Waals surface area contributed by atoms with Crippen molar-refractivity contribution in [2.24, 2.45) is 0 Å².